The SMILES string of the molecule is CC1CC2(CO2)C(O)C(C)C(O)C(C)C(=O)OC(C(C)O)C(C)C(O)C(C)C1=O. The van der Waals surface area contributed by atoms with Gasteiger partial charge in [0.15, 0.2) is 0 Å². The predicted octanol–water partition coefficient (Wildman–Crippen LogP) is 0.284. The summed E-state index contributed by atoms with van der Waals surface area (Å²) < 4.78 is 11.0. The molecule has 0 aliphatic carbocycles. The average molecular weight is 417 g/mol. The van der Waals surface area contributed by atoms with Crippen molar-refractivity contribution < 1.29 is 39.5 Å². The molecule has 8 nitrogen and oxygen atoms in total. The van der Waals surface area contributed by atoms with E-state index in [-0.39, 0.29) is 18.8 Å². The van der Waals surface area contributed by atoms with E-state index in [2.05, 4.69) is 0 Å². The number of esters is 1. The summed E-state index contributed by atoms with van der Waals surface area (Å²) in [6.45, 7) is 9.79. The first-order chi connectivity index (χ1) is 13.3. The zero-order chi connectivity index (χ0) is 22.3. The maximum absolute atomic E-state index is 12.9. The van der Waals surface area contributed by atoms with Crippen molar-refractivity contribution in [2.45, 2.75) is 84.1 Å². The van der Waals surface area contributed by atoms with Gasteiger partial charge in [-0.15, -0.1) is 0 Å². The van der Waals surface area contributed by atoms with E-state index < -0.39 is 71.7 Å². The Morgan fingerprint density at radius 1 is 0.966 bits per heavy atom. The zero-order valence-electron chi connectivity index (χ0n) is 18.1. The van der Waals surface area contributed by atoms with Gasteiger partial charge < -0.3 is 29.9 Å². The van der Waals surface area contributed by atoms with Gasteiger partial charge in [0.1, 0.15) is 17.5 Å². The number of hydrogen-bond donors (Lipinski definition) is 4. The van der Waals surface area contributed by atoms with Crippen LogP contribution in [0.25, 0.3) is 0 Å². The van der Waals surface area contributed by atoms with Crippen molar-refractivity contribution in [1.29, 1.82) is 0 Å². The van der Waals surface area contributed by atoms with E-state index in [1.165, 1.54) is 13.8 Å². The highest BCUT2D eigenvalue weighted by atomic mass is 16.6. The summed E-state index contributed by atoms with van der Waals surface area (Å²) in [4.78, 5) is 25.5. The van der Waals surface area contributed by atoms with Crippen LogP contribution in [0.3, 0.4) is 0 Å². The molecule has 0 aromatic heterocycles. The van der Waals surface area contributed by atoms with Gasteiger partial charge in [-0.25, -0.2) is 0 Å². The van der Waals surface area contributed by atoms with E-state index >= 15 is 0 Å². The highest BCUT2D eigenvalue weighted by Crippen LogP contribution is 2.42. The fourth-order valence-corrected chi connectivity index (χ4v) is 4.53. The van der Waals surface area contributed by atoms with Crippen molar-refractivity contribution in [3.05, 3.63) is 0 Å². The number of carbonyl (C=O) groups is 2. The Hall–Kier alpha value is -1.06. The fourth-order valence-electron chi connectivity index (χ4n) is 4.53. The molecule has 4 N–H and O–H groups in total. The maximum atomic E-state index is 12.9. The number of epoxide rings is 1. The Morgan fingerprint density at radius 3 is 1.97 bits per heavy atom. The van der Waals surface area contributed by atoms with E-state index in [9.17, 15) is 30.0 Å². The van der Waals surface area contributed by atoms with Crippen LogP contribution in [0.2, 0.25) is 0 Å². The molecule has 0 saturated carbocycles. The van der Waals surface area contributed by atoms with Crippen LogP contribution in [0.15, 0.2) is 0 Å². The summed E-state index contributed by atoms with van der Waals surface area (Å²) in [6.07, 6.45) is -5.28. The van der Waals surface area contributed by atoms with Gasteiger partial charge in [-0.2, -0.15) is 0 Å². The Bertz CT molecular complexity index is 601. The third-order valence-corrected chi connectivity index (χ3v) is 6.86. The highest BCUT2D eigenvalue weighted by molar-refractivity contribution is 5.83. The summed E-state index contributed by atoms with van der Waals surface area (Å²) in [6, 6.07) is 0. The quantitative estimate of drug-likeness (QED) is 0.353. The monoisotopic (exact) mass is 416 g/mol. The summed E-state index contributed by atoms with van der Waals surface area (Å²) in [5, 5.41) is 42.4. The Balaban J connectivity index is 2.40. The number of ether oxygens (including phenoxy) is 2. The van der Waals surface area contributed by atoms with Gasteiger partial charge in [0.2, 0.25) is 0 Å². The van der Waals surface area contributed by atoms with Crippen LogP contribution in [0.1, 0.15) is 48.0 Å². The van der Waals surface area contributed by atoms with Crippen molar-refractivity contribution >= 4 is 11.8 Å². The Kier molecular flexibility index (Phi) is 7.49. The molecule has 11 atom stereocenters. The van der Waals surface area contributed by atoms with Crippen molar-refractivity contribution in [2.75, 3.05) is 6.61 Å². The van der Waals surface area contributed by atoms with Crippen LogP contribution in [0.4, 0.5) is 0 Å². The van der Waals surface area contributed by atoms with E-state index in [1.807, 2.05) is 0 Å². The van der Waals surface area contributed by atoms with E-state index in [4.69, 9.17) is 9.47 Å². The molecular weight excluding hydrogens is 380 g/mol. The number of cyclic esters (lactones) is 1. The fraction of sp³-hybridized carbons (Fsp3) is 0.905. The van der Waals surface area contributed by atoms with E-state index in [0.29, 0.717) is 0 Å². The normalized spacial score (nSPS) is 48.7. The number of Topliss-reactive ketones (excluding diaryl/α,β-unsaturated/α-hetero) is 1. The minimum absolute atomic E-state index is 0.194. The van der Waals surface area contributed by atoms with Crippen molar-refractivity contribution in [1.82, 2.24) is 0 Å². The molecule has 29 heavy (non-hydrogen) atoms. The molecule has 11 unspecified atom stereocenters. The molecule has 0 amide bonds. The van der Waals surface area contributed by atoms with E-state index in [1.54, 1.807) is 27.7 Å². The standard InChI is InChI=1S/C21H36O8/c1-9-7-21(8-28-21)19(26)12(4)17(25)13(5)20(27)29-18(14(6)22)11(3)16(24)10(2)15(9)23/h9-14,16-19,22,24-26H,7-8H2,1-6H3. The molecule has 2 heterocycles. The molecule has 2 rings (SSSR count). The second kappa shape index (κ2) is 8.98. The molecule has 0 aromatic carbocycles. The van der Waals surface area contributed by atoms with Gasteiger partial charge in [0.05, 0.1) is 36.9 Å². The van der Waals surface area contributed by atoms with Crippen LogP contribution in [-0.2, 0) is 19.1 Å². The molecule has 168 valence electrons. The molecule has 0 aromatic rings. The number of hydrogen-bond acceptors (Lipinski definition) is 8. The molecule has 2 aliphatic heterocycles. The number of aliphatic hydroxyl groups is 4. The van der Waals surface area contributed by atoms with Gasteiger partial charge >= 0.3 is 5.97 Å². The first kappa shape index (κ1) is 24.2. The highest BCUT2D eigenvalue weighted by Gasteiger charge is 2.56. The minimum Gasteiger partial charge on any atom is -0.459 e. The number of carbonyl (C=O) groups excluding carboxylic acids is 2. The topological polar surface area (TPSA) is 137 Å². The van der Waals surface area contributed by atoms with Crippen molar-refractivity contribution in [3.8, 4) is 0 Å². The van der Waals surface area contributed by atoms with Crippen molar-refractivity contribution in [3.63, 3.8) is 0 Å². The van der Waals surface area contributed by atoms with Crippen LogP contribution in [0, 0.1) is 29.6 Å². The van der Waals surface area contributed by atoms with Gasteiger partial charge in [0, 0.05) is 23.7 Å². The van der Waals surface area contributed by atoms with Gasteiger partial charge in [0.25, 0.3) is 0 Å². The molecule has 8 heteroatoms. The lowest BCUT2D eigenvalue weighted by atomic mass is 9.76. The van der Waals surface area contributed by atoms with Crippen LogP contribution in [0.5, 0.6) is 0 Å². The lowest BCUT2D eigenvalue weighted by molar-refractivity contribution is -0.174. The number of ketones is 1. The third-order valence-electron chi connectivity index (χ3n) is 6.86. The molecule has 1 spiro atoms. The second-order valence-corrected chi connectivity index (χ2v) is 9.22. The number of aliphatic hydroxyl groups excluding tert-OH is 4. The average Bonchev–Trinajstić information content (AvgIpc) is 3.46. The molecule has 2 aliphatic rings. The van der Waals surface area contributed by atoms with Crippen molar-refractivity contribution in [2.24, 2.45) is 29.6 Å². The third kappa shape index (κ3) is 4.82. The van der Waals surface area contributed by atoms with Crippen LogP contribution < -0.4 is 0 Å². The summed E-state index contributed by atoms with van der Waals surface area (Å²) >= 11 is 0. The van der Waals surface area contributed by atoms with Gasteiger partial charge in [-0.05, 0) is 20.3 Å². The largest absolute Gasteiger partial charge is 0.459 e. The summed E-state index contributed by atoms with van der Waals surface area (Å²) in [7, 11) is 0. The molecule has 0 radical (unpaired) electrons. The first-order valence-corrected chi connectivity index (χ1v) is 10.4. The summed E-state index contributed by atoms with van der Waals surface area (Å²) in [5.74, 6) is -4.53. The lowest BCUT2D eigenvalue weighted by Gasteiger charge is -2.36. The van der Waals surface area contributed by atoms with Gasteiger partial charge in [-0.3, -0.25) is 9.59 Å². The lowest BCUT2D eigenvalue weighted by Crippen LogP contribution is -2.49. The predicted molar refractivity (Wildman–Crippen MR) is 104 cm³/mol. The second-order valence-electron chi connectivity index (χ2n) is 9.22. The maximum Gasteiger partial charge on any atom is 0.311 e. The Labute approximate surface area is 172 Å². The van der Waals surface area contributed by atoms with Crippen LogP contribution in [-0.4, -0.2) is 74.9 Å². The molecule has 0 bridgehead atoms. The van der Waals surface area contributed by atoms with E-state index in [0.717, 1.165) is 0 Å². The van der Waals surface area contributed by atoms with Gasteiger partial charge in [-0.1, -0.05) is 27.7 Å². The Morgan fingerprint density at radius 2 is 1.48 bits per heavy atom. The smallest absolute Gasteiger partial charge is 0.311 e. The summed E-state index contributed by atoms with van der Waals surface area (Å²) in [5.41, 5.74) is -0.943. The number of rotatable bonds is 1. The van der Waals surface area contributed by atoms with Crippen LogP contribution >= 0.6 is 0 Å². The zero-order valence-corrected chi connectivity index (χ0v) is 18.1. The molecule has 2 saturated heterocycles. The molecular formula is C21H36O8. The minimum atomic E-state index is -1.21. The first-order valence-electron chi connectivity index (χ1n) is 10.4. The molecule has 2 fully saturated rings.